The summed E-state index contributed by atoms with van der Waals surface area (Å²) in [6, 6.07) is 15.6. The quantitative estimate of drug-likeness (QED) is 0.504. The molecule has 2 aromatic carbocycles. The normalized spacial score (nSPS) is 11.1. The third-order valence-corrected chi connectivity index (χ3v) is 5.50. The first-order chi connectivity index (χ1) is 14.4. The van der Waals surface area contributed by atoms with E-state index in [1.165, 1.54) is 5.56 Å². The van der Waals surface area contributed by atoms with E-state index in [2.05, 4.69) is 51.0 Å². The first-order valence-corrected chi connectivity index (χ1v) is 10.4. The molecule has 8 heteroatoms. The van der Waals surface area contributed by atoms with Crippen LogP contribution in [0.15, 0.2) is 48.5 Å². The highest BCUT2D eigenvalue weighted by Gasteiger charge is 2.18. The lowest BCUT2D eigenvalue weighted by Gasteiger charge is -2.07. The van der Waals surface area contributed by atoms with Crippen molar-refractivity contribution in [3.63, 3.8) is 0 Å². The Labute approximate surface area is 179 Å². The molecule has 0 bridgehead atoms. The lowest BCUT2D eigenvalue weighted by atomic mass is 10.0. The van der Waals surface area contributed by atoms with E-state index < -0.39 is 0 Å². The highest BCUT2D eigenvalue weighted by Crippen LogP contribution is 2.25. The van der Waals surface area contributed by atoms with E-state index in [4.69, 9.17) is 0 Å². The minimum Gasteiger partial charge on any atom is -0.297 e. The highest BCUT2D eigenvalue weighted by molar-refractivity contribution is 7.10. The van der Waals surface area contributed by atoms with Crippen molar-refractivity contribution >= 4 is 22.6 Å². The van der Waals surface area contributed by atoms with Gasteiger partial charge in [0.2, 0.25) is 5.13 Å². The van der Waals surface area contributed by atoms with Gasteiger partial charge in [-0.3, -0.25) is 10.1 Å². The van der Waals surface area contributed by atoms with Crippen molar-refractivity contribution in [1.82, 2.24) is 24.4 Å². The highest BCUT2D eigenvalue weighted by atomic mass is 32.1. The molecule has 0 spiro atoms. The summed E-state index contributed by atoms with van der Waals surface area (Å²) >= 11 is 1.12. The molecule has 4 aromatic rings. The molecule has 0 saturated carbocycles. The fourth-order valence-electron chi connectivity index (χ4n) is 3.03. The van der Waals surface area contributed by atoms with Crippen molar-refractivity contribution in [2.75, 3.05) is 5.32 Å². The zero-order valence-corrected chi connectivity index (χ0v) is 18.1. The molecule has 1 amide bonds. The monoisotopic (exact) mass is 418 g/mol. The Morgan fingerprint density at radius 1 is 1.03 bits per heavy atom. The summed E-state index contributed by atoms with van der Waals surface area (Å²) in [5, 5.41) is 11.7. The van der Waals surface area contributed by atoms with Crippen LogP contribution in [0, 0.1) is 13.8 Å². The van der Waals surface area contributed by atoms with Crippen LogP contribution in [0.4, 0.5) is 5.13 Å². The average molecular weight is 419 g/mol. The number of amides is 1. The Kier molecular flexibility index (Phi) is 5.41. The molecular formula is C22H22N6OS. The average Bonchev–Trinajstić information content (AvgIpc) is 3.34. The fraction of sp³-hybridized carbons (Fsp3) is 0.227. The molecule has 4 rings (SSSR count). The first-order valence-electron chi connectivity index (χ1n) is 9.67. The summed E-state index contributed by atoms with van der Waals surface area (Å²) < 4.78 is 6.12. The van der Waals surface area contributed by atoms with Crippen LogP contribution >= 0.6 is 11.5 Å². The Morgan fingerprint density at radius 3 is 2.40 bits per heavy atom. The van der Waals surface area contributed by atoms with Gasteiger partial charge in [0, 0.05) is 17.1 Å². The number of rotatable bonds is 5. The Hall–Kier alpha value is -3.39. The van der Waals surface area contributed by atoms with Crippen molar-refractivity contribution in [1.29, 1.82) is 0 Å². The zero-order chi connectivity index (χ0) is 21.3. The molecule has 0 atom stereocenters. The van der Waals surface area contributed by atoms with Crippen LogP contribution in [0.3, 0.4) is 0 Å². The van der Waals surface area contributed by atoms with Gasteiger partial charge in [-0.1, -0.05) is 48.9 Å². The Morgan fingerprint density at radius 2 is 1.73 bits per heavy atom. The van der Waals surface area contributed by atoms with Crippen molar-refractivity contribution in [2.24, 2.45) is 0 Å². The van der Waals surface area contributed by atoms with Gasteiger partial charge in [0.1, 0.15) is 0 Å². The van der Waals surface area contributed by atoms with E-state index >= 15 is 0 Å². The van der Waals surface area contributed by atoms with Crippen molar-refractivity contribution in [3.05, 3.63) is 70.9 Å². The van der Waals surface area contributed by atoms with Crippen LogP contribution in [0.2, 0.25) is 0 Å². The van der Waals surface area contributed by atoms with Crippen molar-refractivity contribution in [2.45, 2.75) is 33.6 Å². The number of aryl methyl sites for hydroxylation is 1. The number of nitrogens with zero attached hydrogens (tertiary/aromatic N) is 5. The lowest BCUT2D eigenvalue weighted by molar-refractivity contribution is 0.102. The number of hydrogen-bond acceptors (Lipinski definition) is 6. The van der Waals surface area contributed by atoms with E-state index in [1.807, 2.05) is 38.1 Å². The molecule has 0 unspecified atom stereocenters. The van der Waals surface area contributed by atoms with Crippen LogP contribution in [0.5, 0.6) is 0 Å². The van der Waals surface area contributed by atoms with E-state index in [0.717, 1.165) is 28.5 Å². The molecule has 2 heterocycles. The maximum absolute atomic E-state index is 12.4. The van der Waals surface area contributed by atoms with Gasteiger partial charge in [-0.25, -0.2) is 4.68 Å². The maximum atomic E-state index is 12.4. The van der Waals surface area contributed by atoms with Gasteiger partial charge in [-0.05, 0) is 49.6 Å². The molecule has 0 aliphatic carbocycles. The molecule has 0 saturated heterocycles. The first kappa shape index (κ1) is 19.9. The third-order valence-electron chi connectivity index (χ3n) is 4.87. The number of benzene rings is 2. The van der Waals surface area contributed by atoms with E-state index in [-0.39, 0.29) is 5.91 Å². The predicted octanol–water partition coefficient (Wildman–Crippen LogP) is 4.78. The summed E-state index contributed by atoms with van der Waals surface area (Å²) in [6.45, 7) is 8.23. The SMILES string of the molecule is Cc1ccc(C(=O)Nc2nc(-c3nnn(-c4ccc(C(C)C)cc4)c3C)ns2)cc1. The number of nitrogens with one attached hydrogen (secondary N) is 1. The predicted molar refractivity (Wildman–Crippen MR) is 118 cm³/mol. The number of anilines is 1. The number of hydrogen-bond donors (Lipinski definition) is 1. The molecule has 0 aliphatic heterocycles. The minimum absolute atomic E-state index is 0.219. The number of aromatic nitrogens is 5. The molecular weight excluding hydrogens is 396 g/mol. The Balaban J connectivity index is 1.54. The Bertz CT molecular complexity index is 1180. The van der Waals surface area contributed by atoms with Gasteiger partial charge in [0.25, 0.3) is 5.91 Å². The van der Waals surface area contributed by atoms with Gasteiger partial charge in [0.15, 0.2) is 11.5 Å². The number of carbonyl (C=O) groups excluding carboxylic acids is 1. The summed E-state index contributed by atoms with van der Waals surface area (Å²) in [5.74, 6) is 0.698. The standard InChI is InChI=1S/C22H22N6OS/c1-13(2)16-9-11-18(12-10-16)28-15(4)19(25-27-28)20-23-22(30-26-20)24-21(29)17-7-5-14(3)6-8-17/h5-13H,1-4H3,(H,23,24,26,29). The second-order valence-electron chi connectivity index (χ2n) is 7.42. The summed E-state index contributed by atoms with van der Waals surface area (Å²) in [4.78, 5) is 16.8. The number of carbonyl (C=O) groups is 1. The smallest absolute Gasteiger partial charge is 0.257 e. The molecule has 0 aliphatic rings. The molecule has 30 heavy (non-hydrogen) atoms. The van der Waals surface area contributed by atoms with Crippen LogP contribution in [0.1, 0.15) is 46.9 Å². The maximum Gasteiger partial charge on any atom is 0.257 e. The lowest BCUT2D eigenvalue weighted by Crippen LogP contribution is -2.11. The molecule has 1 N–H and O–H groups in total. The molecule has 152 valence electrons. The van der Waals surface area contributed by atoms with Gasteiger partial charge >= 0.3 is 0 Å². The zero-order valence-electron chi connectivity index (χ0n) is 17.2. The van der Waals surface area contributed by atoms with Gasteiger partial charge in [-0.2, -0.15) is 9.36 Å². The molecule has 0 fully saturated rings. The third kappa shape index (κ3) is 3.99. The summed E-state index contributed by atoms with van der Waals surface area (Å²) in [6.07, 6.45) is 0. The van der Waals surface area contributed by atoms with Crippen molar-refractivity contribution < 1.29 is 4.79 Å². The molecule has 7 nitrogen and oxygen atoms in total. The van der Waals surface area contributed by atoms with Gasteiger partial charge in [-0.15, -0.1) is 5.10 Å². The molecule has 2 aromatic heterocycles. The largest absolute Gasteiger partial charge is 0.297 e. The van der Waals surface area contributed by atoms with Gasteiger partial charge in [0.05, 0.1) is 11.4 Å². The van der Waals surface area contributed by atoms with E-state index in [0.29, 0.717) is 28.1 Å². The second kappa shape index (κ2) is 8.16. The molecule has 0 radical (unpaired) electrons. The fourth-order valence-corrected chi connectivity index (χ4v) is 3.59. The van der Waals surface area contributed by atoms with Crippen LogP contribution in [-0.2, 0) is 0 Å². The van der Waals surface area contributed by atoms with E-state index in [1.54, 1.807) is 16.8 Å². The van der Waals surface area contributed by atoms with Gasteiger partial charge < -0.3 is 0 Å². The van der Waals surface area contributed by atoms with Crippen molar-refractivity contribution in [3.8, 4) is 17.2 Å². The minimum atomic E-state index is -0.219. The topological polar surface area (TPSA) is 85.6 Å². The van der Waals surface area contributed by atoms with Crippen LogP contribution in [-0.4, -0.2) is 30.3 Å². The summed E-state index contributed by atoms with van der Waals surface area (Å²) in [7, 11) is 0. The van der Waals surface area contributed by atoms with E-state index in [9.17, 15) is 4.79 Å². The second-order valence-corrected chi connectivity index (χ2v) is 8.18. The summed E-state index contributed by atoms with van der Waals surface area (Å²) in [5.41, 5.74) is 5.30. The van der Waals surface area contributed by atoms with Crippen LogP contribution < -0.4 is 5.32 Å². The van der Waals surface area contributed by atoms with Crippen LogP contribution in [0.25, 0.3) is 17.2 Å².